The fraction of sp³-hybridized carbons (Fsp3) is 1.00. The van der Waals surface area contributed by atoms with E-state index in [2.05, 4.69) is 13.8 Å². The van der Waals surface area contributed by atoms with E-state index >= 15 is 0 Å². The van der Waals surface area contributed by atoms with Crippen LogP contribution in [-0.4, -0.2) is 18.5 Å². The maximum absolute atomic E-state index is 5.33. The molecule has 0 N–H and O–H groups in total. The number of hydrogen-bond acceptors (Lipinski definition) is 2. The minimum absolute atomic E-state index is 0.0104. The van der Waals surface area contributed by atoms with Crippen molar-refractivity contribution in [2.24, 2.45) is 0 Å². The van der Waals surface area contributed by atoms with Gasteiger partial charge in [0.1, 0.15) is 0 Å². The second-order valence-corrected chi connectivity index (χ2v) is 2.70. The highest BCUT2D eigenvalue weighted by Gasteiger charge is 2.20. The van der Waals surface area contributed by atoms with Crippen molar-refractivity contribution >= 4 is 0 Å². The van der Waals surface area contributed by atoms with Gasteiger partial charge in [-0.25, -0.2) is 0 Å². The van der Waals surface area contributed by atoms with E-state index in [1.54, 1.807) is 0 Å². The molecule has 0 spiro atoms. The third-order valence-electron chi connectivity index (χ3n) is 1.51. The Balaban J connectivity index is 2.34. The first-order chi connectivity index (χ1) is 4.18. The SMILES string of the molecule is CC1O[C@H](C)C[C@@H](C)O1. The first kappa shape index (κ1) is 7.03. The lowest BCUT2D eigenvalue weighted by atomic mass is 10.2. The average molecular weight is 130 g/mol. The fourth-order valence-electron chi connectivity index (χ4n) is 1.26. The van der Waals surface area contributed by atoms with Gasteiger partial charge in [0.25, 0.3) is 0 Å². The molecule has 1 aliphatic rings. The van der Waals surface area contributed by atoms with Gasteiger partial charge in [-0.1, -0.05) is 0 Å². The second-order valence-electron chi connectivity index (χ2n) is 2.70. The summed E-state index contributed by atoms with van der Waals surface area (Å²) in [5, 5.41) is 0. The predicted molar refractivity (Wildman–Crippen MR) is 35.2 cm³/mol. The monoisotopic (exact) mass is 130 g/mol. The predicted octanol–water partition coefficient (Wildman–Crippen LogP) is 1.55. The quantitative estimate of drug-likeness (QED) is 0.495. The van der Waals surface area contributed by atoms with Crippen molar-refractivity contribution in [1.82, 2.24) is 0 Å². The highest BCUT2D eigenvalue weighted by atomic mass is 16.7. The fourth-order valence-corrected chi connectivity index (χ4v) is 1.26. The van der Waals surface area contributed by atoms with Gasteiger partial charge >= 0.3 is 0 Å². The van der Waals surface area contributed by atoms with Crippen molar-refractivity contribution in [3.8, 4) is 0 Å². The van der Waals surface area contributed by atoms with Gasteiger partial charge in [-0.15, -0.1) is 0 Å². The molecule has 1 aliphatic heterocycles. The molecule has 54 valence electrons. The molecule has 0 bridgehead atoms. The molecule has 2 nitrogen and oxygen atoms in total. The first-order valence-corrected chi connectivity index (χ1v) is 3.49. The van der Waals surface area contributed by atoms with Crippen LogP contribution < -0.4 is 0 Å². The number of hydrogen-bond donors (Lipinski definition) is 0. The summed E-state index contributed by atoms with van der Waals surface area (Å²) in [6, 6.07) is 0. The van der Waals surface area contributed by atoms with Crippen LogP contribution in [0, 0.1) is 0 Å². The molecule has 0 saturated carbocycles. The van der Waals surface area contributed by atoms with Gasteiger partial charge in [0.05, 0.1) is 12.2 Å². The van der Waals surface area contributed by atoms with E-state index in [4.69, 9.17) is 9.47 Å². The summed E-state index contributed by atoms with van der Waals surface area (Å²) in [6.45, 7) is 6.09. The van der Waals surface area contributed by atoms with Crippen molar-refractivity contribution in [3.63, 3.8) is 0 Å². The van der Waals surface area contributed by atoms with Crippen LogP contribution in [0.2, 0.25) is 0 Å². The Labute approximate surface area is 56.2 Å². The van der Waals surface area contributed by atoms with Crippen LogP contribution >= 0.6 is 0 Å². The maximum atomic E-state index is 5.33. The first-order valence-electron chi connectivity index (χ1n) is 3.49. The highest BCUT2D eigenvalue weighted by Crippen LogP contribution is 2.16. The summed E-state index contributed by atoms with van der Waals surface area (Å²) in [4.78, 5) is 0. The van der Waals surface area contributed by atoms with E-state index in [9.17, 15) is 0 Å². The molecule has 1 saturated heterocycles. The number of ether oxygens (including phenoxy) is 2. The van der Waals surface area contributed by atoms with Crippen LogP contribution in [-0.2, 0) is 9.47 Å². The van der Waals surface area contributed by atoms with Crippen molar-refractivity contribution in [3.05, 3.63) is 0 Å². The molecule has 0 aromatic rings. The zero-order chi connectivity index (χ0) is 6.85. The molecule has 2 atom stereocenters. The highest BCUT2D eigenvalue weighted by molar-refractivity contribution is 4.62. The molecule has 0 radical (unpaired) electrons. The van der Waals surface area contributed by atoms with Crippen LogP contribution in [0.4, 0.5) is 0 Å². The molecule has 0 aromatic heterocycles. The molecular weight excluding hydrogens is 116 g/mol. The van der Waals surface area contributed by atoms with E-state index in [0.29, 0.717) is 12.2 Å². The maximum Gasteiger partial charge on any atom is 0.155 e. The molecule has 0 aromatic carbocycles. The summed E-state index contributed by atoms with van der Waals surface area (Å²) in [7, 11) is 0. The van der Waals surface area contributed by atoms with Gasteiger partial charge in [-0.05, 0) is 27.2 Å². The van der Waals surface area contributed by atoms with Gasteiger partial charge in [-0.2, -0.15) is 0 Å². The van der Waals surface area contributed by atoms with Gasteiger partial charge in [0.15, 0.2) is 6.29 Å². The number of rotatable bonds is 0. The van der Waals surface area contributed by atoms with Crippen molar-refractivity contribution in [1.29, 1.82) is 0 Å². The van der Waals surface area contributed by atoms with Crippen LogP contribution in [0.25, 0.3) is 0 Å². The van der Waals surface area contributed by atoms with Crippen molar-refractivity contribution < 1.29 is 9.47 Å². The largest absolute Gasteiger partial charge is 0.350 e. The van der Waals surface area contributed by atoms with E-state index < -0.39 is 0 Å². The van der Waals surface area contributed by atoms with E-state index in [-0.39, 0.29) is 6.29 Å². The molecule has 1 fully saturated rings. The smallest absolute Gasteiger partial charge is 0.155 e. The third kappa shape index (κ3) is 1.95. The van der Waals surface area contributed by atoms with Crippen LogP contribution in [0.15, 0.2) is 0 Å². The normalized spacial score (nSPS) is 45.0. The average Bonchev–Trinajstić information content (AvgIpc) is 1.59. The Morgan fingerprint density at radius 2 is 1.44 bits per heavy atom. The minimum atomic E-state index is -0.0104. The lowest BCUT2D eigenvalue weighted by Gasteiger charge is -2.30. The Hall–Kier alpha value is -0.0800. The second kappa shape index (κ2) is 2.67. The van der Waals surface area contributed by atoms with Crippen LogP contribution in [0.3, 0.4) is 0 Å². The summed E-state index contributed by atoms with van der Waals surface area (Å²) < 4.78 is 10.7. The van der Waals surface area contributed by atoms with Crippen molar-refractivity contribution in [2.45, 2.75) is 45.7 Å². The summed E-state index contributed by atoms with van der Waals surface area (Å²) >= 11 is 0. The summed E-state index contributed by atoms with van der Waals surface area (Å²) in [5.41, 5.74) is 0. The molecule has 0 amide bonds. The van der Waals surface area contributed by atoms with E-state index in [1.165, 1.54) is 0 Å². The van der Waals surface area contributed by atoms with Crippen LogP contribution in [0.1, 0.15) is 27.2 Å². The molecular formula is C7H14O2. The van der Waals surface area contributed by atoms with Gasteiger partial charge in [0.2, 0.25) is 0 Å². The zero-order valence-corrected chi connectivity index (χ0v) is 6.26. The Bertz CT molecular complexity index is 67.9. The van der Waals surface area contributed by atoms with Gasteiger partial charge in [0, 0.05) is 0 Å². The van der Waals surface area contributed by atoms with E-state index in [1.807, 2.05) is 6.92 Å². The minimum Gasteiger partial charge on any atom is -0.350 e. The molecule has 0 unspecified atom stereocenters. The van der Waals surface area contributed by atoms with Crippen LogP contribution in [0.5, 0.6) is 0 Å². The molecule has 9 heavy (non-hydrogen) atoms. The zero-order valence-electron chi connectivity index (χ0n) is 6.26. The summed E-state index contributed by atoms with van der Waals surface area (Å²) in [5.74, 6) is 0. The molecule has 1 rings (SSSR count). The third-order valence-corrected chi connectivity index (χ3v) is 1.51. The molecule has 0 aliphatic carbocycles. The standard InChI is InChI=1S/C7H14O2/c1-5-4-6(2)9-7(3)8-5/h5-7H,4H2,1-3H3/t5-,6-/m1/s1. The molecule has 1 heterocycles. The Morgan fingerprint density at radius 1 is 1.00 bits per heavy atom. The molecule has 2 heteroatoms. The Morgan fingerprint density at radius 3 is 1.78 bits per heavy atom. The lowest BCUT2D eigenvalue weighted by molar-refractivity contribution is -0.224. The van der Waals surface area contributed by atoms with Gasteiger partial charge < -0.3 is 9.47 Å². The van der Waals surface area contributed by atoms with Gasteiger partial charge in [-0.3, -0.25) is 0 Å². The Kier molecular flexibility index (Phi) is 2.09. The lowest BCUT2D eigenvalue weighted by Crippen LogP contribution is -2.33. The topological polar surface area (TPSA) is 18.5 Å². The summed E-state index contributed by atoms with van der Waals surface area (Å²) in [6.07, 6.45) is 1.74. The van der Waals surface area contributed by atoms with Crippen molar-refractivity contribution in [2.75, 3.05) is 0 Å². The van der Waals surface area contributed by atoms with E-state index in [0.717, 1.165) is 6.42 Å².